The number of carbonyl (C=O) groups is 1. The molecule has 7 nitrogen and oxygen atoms in total. The Morgan fingerprint density at radius 3 is 2.84 bits per heavy atom. The summed E-state index contributed by atoms with van der Waals surface area (Å²) in [6.07, 6.45) is 3.25. The first kappa shape index (κ1) is 13.7. The number of hydrogen-bond donors (Lipinski definition) is 2. The minimum Gasteiger partial charge on any atom is -0.478 e. The zero-order valence-electron chi connectivity index (χ0n) is 9.90. The van der Waals surface area contributed by atoms with E-state index in [0.717, 1.165) is 23.0 Å². The maximum absolute atomic E-state index is 11.9. The summed E-state index contributed by atoms with van der Waals surface area (Å²) in [6, 6.07) is 1.14. The summed E-state index contributed by atoms with van der Waals surface area (Å²) in [6.45, 7) is 0.108. The van der Waals surface area contributed by atoms with Crippen LogP contribution in [-0.4, -0.2) is 29.3 Å². The molecule has 0 aliphatic carbocycles. The lowest BCUT2D eigenvalue weighted by Crippen LogP contribution is -2.22. The van der Waals surface area contributed by atoms with Gasteiger partial charge in [-0.05, 0) is 6.07 Å². The van der Waals surface area contributed by atoms with Gasteiger partial charge in [0.2, 0.25) is 10.0 Å². The zero-order valence-corrected chi connectivity index (χ0v) is 11.5. The summed E-state index contributed by atoms with van der Waals surface area (Å²) in [5.74, 6) is -1.15. The fourth-order valence-electron chi connectivity index (χ4n) is 1.38. The highest BCUT2D eigenvalue weighted by Crippen LogP contribution is 2.20. The Labute approximate surface area is 113 Å². The van der Waals surface area contributed by atoms with Crippen molar-refractivity contribution in [1.82, 2.24) is 14.5 Å². The molecule has 2 aromatic rings. The first-order valence-corrected chi connectivity index (χ1v) is 7.54. The van der Waals surface area contributed by atoms with Gasteiger partial charge < -0.3 is 5.11 Å². The Morgan fingerprint density at radius 2 is 2.32 bits per heavy atom. The second-order valence-corrected chi connectivity index (χ2v) is 6.71. The number of nitrogens with zero attached hydrogens (tertiary/aromatic N) is 2. The molecule has 0 saturated heterocycles. The van der Waals surface area contributed by atoms with Crippen LogP contribution in [0.2, 0.25) is 0 Å². The number of carboxylic acid groups (broad SMARTS) is 1. The molecule has 0 aromatic carbocycles. The van der Waals surface area contributed by atoms with Gasteiger partial charge in [-0.3, -0.25) is 4.68 Å². The van der Waals surface area contributed by atoms with E-state index >= 15 is 0 Å². The standard InChI is InChI=1S/C10H11N3O4S2/c1-13-5-7(3-11-13)4-12-19(16,17)9-2-8(6-18-9)10(14)15/h2-3,5-6,12H,4H2,1H3,(H,14,15). The molecule has 0 amide bonds. The Kier molecular flexibility index (Phi) is 3.69. The predicted octanol–water partition coefficient (Wildman–Crippen LogP) is 0.658. The highest BCUT2D eigenvalue weighted by Gasteiger charge is 2.18. The molecule has 2 heterocycles. The third-order valence-electron chi connectivity index (χ3n) is 2.31. The van der Waals surface area contributed by atoms with E-state index in [1.54, 1.807) is 24.1 Å². The van der Waals surface area contributed by atoms with E-state index in [1.807, 2.05) is 0 Å². The quantitative estimate of drug-likeness (QED) is 0.844. The number of carboxylic acids is 1. The van der Waals surface area contributed by atoms with Crippen LogP contribution in [0.1, 0.15) is 15.9 Å². The first-order chi connectivity index (χ1) is 8.88. The van der Waals surface area contributed by atoms with Crippen molar-refractivity contribution in [1.29, 1.82) is 0 Å². The normalized spacial score (nSPS) is 11.6. The van der Waals surface area contributed by atoms with Gasteiger partial charge in [0.15, 0.2) is 0 Å². The zero-order chi connectivity index (χ0) is 14.0. The molecule has 0 fully saturated rings. The molecular weight excluding hydrogens is 290 g/mol. The third kappa shape index (κ3) is 3.19. The van der Waals surface area contributed by atoms with E-state index < -0.39 is 16.0 Å². The molecule has 102 valence electrons. The molecule has 19 heavy (non-hydrogen) atoms. The largest absolute Gasteiger partial charge is 0.478 e. The van der Waals surface area contributed by atoms with Crippen LogP contribution in [0, 0.1) is 0 Å². The highest BCUT2D eigenvalue weighted by molar-refractivity contribution is 7.91. The summed E-state index contributed by atoms with van der Waals surface area (Å²) in [5, 5.41) is 14.0. The predicted molar refractivity (Wildman–Crippen MR) is 68.5 cm³/mol. The molecule has 0 unspecified atom stereocenters. The molecule has 9 heteroatoms. The maximum atomic E-state index is 11.9. The number of hydrogen-bond acceptors (Lipinski definition) is 5. The Bertz CT molecular complexity index is 702. The smallest absolute Gasteiger partial charge is 0.336 e. The number of aryl methyl sites for hydroxylation is 1. The van der Waals surface area contributed by atoms with Gasteiger partial charge in [0, 0.05) is 30.7 Å². The molecule has 0 bridgehead atoms. The summed E-state index contributed by atoms with van der Waals surface area (Å²) in [5.41, 5.74) is 0.688. The number of thiophene rings is 1. The van der Waals surface area contributed by atoms with E-state index in [9.17, 15) is 13.2 Å². The van der Waals surface area contributed by atoms with Crippen LogP contribution in [-0.2, 0) is 23.6 Å². The minimum atomic E-state index is -3.69. The minimum absolute atomic E-state index is 0.0196. The van der Waals surface area contributed by atoms with Gasteiger partial charge in [-0.1, -0.05) is 0 Å². The molecule has 0 aliphatic rings. The van der Waals surface area contributed by atoms with Crippen molar-refractivity contribution in [2.45, 2.75) is 10.8 Å². The molecule has 0 radical (unpaired) electrons. The highest BCUT2D eigenvalue weighted by atomic mass is 32.2. The van der Waals surface area contributed by atoms with Crippen LogP contribution in [0.15, 0.2) is 28.0 Å². The number of aromatic nitrogens is 2. The first-order valence-electron chi connectivity index (χ1n) is 5.17. The van der Waals surface area contributed by atoms with Crippen LogP contribution in [0.4, 0.5) is 0 Å². The number of rotatable bonds is 5. The fraction of sp³-hybridized carbons (Fsp3) is 0.200. The van der Waals surface area contributed by atoms with Crippen LogP contribution in [0.3, 0.4) is 0 Å². The summed E-state index contributed by atoms with van der Waals surface area (Å²) >= 11 is 0.873. The van der Waals surface area contributed by atoms with E-state index in [4.69, 9.17) is 5.11 Å². The van der Waals surface area contributed by atoms with Gasteiger partial charge in [0.05, 0.1) is 11.8 Å². The average molecular weight is 301 g/mol. The topological polar surface area (TPSA) is 101 Å². The van der Waals surface area contributed by atoms with Crippen molar-refractivity contribution in [3.8, 4) is 0 Å². The summed E-state index contributed by atoms with van der Waals surface area (Å²) < 4.78 is 27.8. The van der Waals surface area contributed by atoms with Gasteiger partial charge in [0.1, 0.15) is 4.21 Å². The fourth-order valence-corrected chi connectivity index (χ4v) is 3.60. The van der Waals surface area contributed by atoms with Crippen molar-refractivity contribution in [3.05, 3.63) is 35.0 Å². The Balaban J connectivity index is 2.11. The van der Waals surface area contributed by atoms with Gasteiger partial charge in [-0.15, -0.1) is 11.3 Å². The number of sulfonamides is 1. The second-order valence-electron chi connectivity index (χ2n) is 3.81. The van der Waals surface area contributed by atoms with E-state index in [2.05, 4.69) is 9.82 Å². The molecule has 0 spiro atoms. The summed E-state index contributed by atoms with van der Waals surface area (Å²) in [4.78, 5) is 10.7. The van der Waals surface area contributed by atoms with Gasteiger partial charge in [-0.25, -0.2) is 17.9 Å². The van der Waals surface area contributed by atoms with E-state index in [-0.39, 0.29) is 16.3 Å². The second kappa shape index (κ2) is 5.11. The molecule has 0 atom stereocenters. The molecular formula is C10H11N3O4S2. The average Bonchev–Trinajstić information content (AvgIpc) is 2.95. The van der Waals surface area contributed by atoms with Crippen molar-refractivity contribution in [3.63, 3.8) is 0 Å². The van der Waals surface area contributed by atoms with Crippen LogP contribution in [0.5, 0.6) is 0 Å². The van der Waals surface area contributed by atoms with Gasteiger partial charge >= 0.3 is 5.97 Å². The van der Waals surface area contributed by atoms with E-state index in [1.165, 1.54) is 5.38 Å². The monoisotopic (exact) mass is 301 g/mol. The van der Waals surface area contributed by atoms with E-state index in [0.29, 0.717) is 0 Å². The van der Waals surface area contributed by atoms with Crippen LogP contribution >= 0.6 is 11.3 Å². The van der Waals surface area contributed by atoms with Crippen molar-refractivity contribution >= 4 is 27.3 Å². The molecule has 2 N–H and O–H groups in total. The molecule has 0 aliphatic heterocycles. The summed E-state index contributed by atoms with van der Waals surface area (Å²) in [7, 11) is -1.96. The number of aromatic carboxylic acids is 1. The lowest BCUT2D eigenvalue weighted by Gasteiger charge is -2.02. The van der Waals surface area contributed by atoms with Crippen LogP contribution < -0.4 is 4.72 Å². The molecule has 0 saturated carbocycles. The lowest BCUT2D eigenvalue weighted by molar-refractivity contribution is 0.0697. The van der Waals surface area contributed by atoms with Gasteiger partial charge in [-0.2, -0.15) is 5.10 Å². The lowest BCUT2D eigenvalue weighted by atomic mass is 10.4. The van der Waals surface area contributed by atoms with Crippen LogP contribution in [0.25, 0.3) is 0 Å². The Morgan fingerprint density at radius 1 is 1.58 bits per heavy atom. The SMILES string of the molecule is Cn1cc(CNS(=O)(=O)c2cc(C(=O)O)cs2)cn1. The number of nitrogens with one attached hydrogen (secondary N) is 1. The molecule has 2 aromatic heterocycles. The third-order valence-corrected chi connectivity index (χ3v) is 5.15. The van der Waals surface area contributed by atoms with Crippen molar-refractivity contribution in [2.24, 2.45) is 7.05 Å². The van der Waals surface area contributed by atoms with Crippen molar-refractivity contribution in [2.75, 3.05) is 0 Å². The molecule has 2 rings (SSSR count). The van der Waals surface area contributed by atoms with Crippen molar-refractivity contribution < 1.29 is 18.3 Å². The Hall–Kier alpha value is -1.71. The van der Waals surface area contributed by atoms with Gasteiger partial charge in [0.25, 0.3) is 0 Å². The maximum Gasteiger partial charge on any atom is 0.336 e.